The second-order valence-electron chi connectivity index (χ2n) is 4.47. The van der Waals surface area contributed by atoms with E-state index < -0.39 is 5.97 Å². The van der Waals surface area contributed by atoms with Crippen LogP contribution in [0.1, 0.15) is 22.9 Å². The zero-order chi connectivity index (χ0) is 13.2. The Bertz CT molecular complexity index is 586. The number of aliphatic carboxylic acids is 1. The fraction of sp³-hybridized carbons (Fsp3) is 0.308. The number of carboxylic acid groups (broad SMARTS) is 1. The van der Waals surface area contributed by atoms with Gasteiger partial charge in [-0.1, -0.05) is 41.2 Å². The van der Waals surface area contributed by atoms with Crippen LogP contribution in [-0.4, -0.2) is 27.0 Å². The molecule has 2 aromatic rings. The third-order valence-corrected chi connectivity index (χ3v) is 3.96. The van der Waals surface area contributed by atoms with E-state index in [1.807, 2.05) is 12.1 Å². The van der Waals surface area contributed by atoms with Gasteiger partial charge in [-0.25, -0.2) is 0 Å². The summed E-state index contributed by atoms with van der Waals surface area (Å²) in [5.41, 5.74) is 2.66. The lowest BCUT2D eigenvalue weighted by molar-refractivity contribution is -0.133. The molecule has 1 N–H and O–H groups in total. The molecule has 0 saturated heterocycles. The summed E-state index contributed by atoms with van der Waals surface area (Å²) in [6, 6.07) is 8.31. The first kappa shape index (κ1) is 12.2. The molecule has 1 aromatic heterocycles. The molecule has 0 amide bonds. The Morgan fingerprint density at radius 1 is 1.37 bits per heavy atom. The molecule has 6 heteroatoms. The highest BCUT2D eigenvalue weighted by molar-refractivity contribution is 7.99. The molecule has 98 valence electrons. The van der Waals surface area contributed by atoms with E-state index in [0.29, 0.717) is 11.0 Å². The Kier molecular flexibility index (Phi) is 3.25. The second kappa shape index (κ2) is 5.05. The van der Waals surface area contributed by atoms with Gasteiger partial charge in [0.05, 0.1) is 0 Å². The fourth-order valence-corrected chi connectivity index (χ4v) is 2.80. The smallest absolute Gasteiger partial charge is 0.314 e. The standard InChI is InChI=1S/C13H12N2O3S/c16-11(17)7-19-13-14-12(15-18-13)10-5-8-3-1-2-4-9(8)6-10/h1-4,10H,5-7H2,(H,16,17). The third-order valence-electron chi connectivity index (χ3n) is 3.16. The van der Waals surface area contributed by atoms with Gasteiger partial charge in [0.1, 0.15) is 5.75 Å². The predicted octanol–water partition coefficient (Wildman–Crippen LogP) is 2.13. The normalized spacial score (nSPS) is 14.5. The van der Waals surface area contributed by atoms with E-state index in [2.05, 4.69) is 22.3 Å². The summed E-state index contributed by atoms with van der Waals surface area (Å²) >= 11 is 1.05. The van der Waals surface area contributed by atoms with Crippen molar-refractivity contribution in [2.24, 2.45) is 0 Å². The van der Waals surface area contributed by atoms with Gasteiger partial charge in [0.2, 0.25) is 0 Å². The van der Waals surface area contributed by atoms with Crippen LogP contribution < -0.4 is 0 Å². The monoisotopic (exact) mass is 276 g/mol. The van der Waals surface area contributed by atoms with E-state index in [9.17, 15) is 4.79 Å². The van der Waals surface area contributed by atoms with Gasteiger partial charge in [-0.2, -0.15) is 4.98 Å². The van der Waals surface area contributed by atoms with Crippen LogP contribution in [0.3, 0.4) is 0 Å². The van der Waals surface area contributed by atoms with Crippen molar-refractivity contribution in [3.8, 4) is 0 Å². The van der Waals surface area contributed by atoms with Gasteiger partial charge in [-0.15, -0.1) is 0 Å². The molecule has 1 aliphatic carbocycles. The molecule has 0 atom stereocenters. The first-order valence-electron chi connectivity index (χ1n) is 5.97. The molecule has 0 bridgehead atoms. The highest BCUT2D eigenvalue weighted by atomic mass is 32.2. The number of benzene rings is 1. The van der Waals surface area contributed by atoms with Crippen molar-refractivity contribution in [2.45, 2.75) is 24.0 Å². The highest BCUT2D eigenvalue weighted by Crippen LogP contribution is 2.33. The number of thioether (sulfide) groups is 1. The molecule has 1 aromatic carbocycles. The number of hydrogen-bond acceptors (Lipinski definition) is 5. The molecule has 0 unspecified atom stereocenters. The van der Waals surface area contributed by atoms with Gasteiger partial charge < -0.3 is 9.63 Å². The van der Waals surface area contributed by atoms with E-state index in [0.717, 1.165) is 24.6 Å². The lowest BCUT2D eigenvalue weighted by atomic mass is 10.1. The van der Waals surface area contributed by atoms with E-state index in [4.69, 9.17) is 9.63 Å². The zero-order valence-electron chi connectivity index (χ0n) is 10.1. The Morgan fingerprint density at radius 3 is 2.68 bits per heavy atom. The van der Waals surface area contributed by atoms with Crippen LogP contribution in [-0.2, 0) is 17.6 Å². The maximum atomic E-state index is 10.5. The van der Waals surface area contributed by atoms with Gasteiger partial charge in [0, 0.05) is 5.92 Å². The Balaban J connectivity index is 1.70. The van der Waals surface area contributed by atoms with Gasteiger partial charge in [-0.05, 0) is 24.0 Å². The topological polar surface area (TPSA) is 76.2 Å². The summed E-state index contributed by atoms with van der Waals surface area (Å²) < 4.78 is 5.06. The predicted molar refractivity (Wildman–Crippen MR) is 69.2 cm³/mol. The molecular weight excluding hydrogens is 264 g/mol. The summed E-state index contributed by atoms with van der Waals surface area (Å²) in [7, 11) is 0. The first-order valence-corrected chi connectivity index (χ1v) is 6.96. The number of carboxylic acids is 1. The molecule has 0 fully saturated rings. The van der Waals surface area contributed by atoms with Crippen molar-refractivity contribution < 1.29 is 14.4 Å². The number of aromatic nitrogens is 2. The lowest BCUT2D eigenvalue weighted by Gasteiger charge is -2.00. The third kappa shape index (κ3) is 2.63. The van der Waals surface area contributed by atoms with Crippen LogP contribution in [0.5, 0.6) is 0 Å². The quantitative estimate of drug-likeness (QED) is 0.862. The Hall–Kier alpha value is -1.82. The van der Waals surface area contributed by atoms with Gasteiger partial charge >= 0.3 is 5.97 Å². The maximum absolute atomic E-state index is 10.5. The molecular formula is C13H12N2O3S. The average Bonchev–Trinajstić information content (AvgIpc) is 3.02. The van der Waals surface area contributed by atoms with E-state index in [-0.39, 0.29) is 11.7 Å². The molecule has 0 saturated carbocycles. The SMILES string of the molecule is O=C(O)CSc1nc(C2Cc3ccccc3C2)no1. The van der Waals surface area contributed by atoms with Crippen LogP contribution in [0, 0.1) is 0 Å². The summed E-state index contributed by atoms with van der Waals surface area (Å²) in [6.07, 6.45) is 1.83. The first-order chi connectivity index (χ1) is 9.22. The van der Waals surface area contributed by atoms with Gasteiger partial charge in [-0.3, -0.25) is 4.79 Å². The highest BCUT2D eigenvalue weighted by Gasteiger charge is 2.26. The second-order valence-corrected chi connectivity index (χ2v) is 5.40. The van der Waals surface area contributed by atoms with Crippen molar-refractivity contribution in [1.82, 2.24) is 10.1 Å². The molecule has 0 spiro atoms. The van der Waals surface area contributed by atoms with Crippen molar-refractivity contribution in [3.63, 3.8) is 0 Å². The summed E-state index contributed by atoms with van der Waals surface area (Å²) in [5, 5.41) is 12.9. The maximum Gasteiger partial charge on any atom is 0.314 e. The zero-order valence-corrected chi connectivity index (χ0v) is 10.9. The lowest BCUT2D eigenvalue weighted by Crippen LogP contribution is -2.00. The Morgan fingerprint density at radius 2 is 2.05 bits per heavy atom. The number of nitrogens with zero attached hydrogens (tertiary/aromatic N) is 2. The van der Waals surface area contributed by atoms with Crippen molar-refractivity contribution >= 4 is 17.7 Å². The number of carbonyl (C=O) groups is 1. The van der Waals surface area contributed by atoms with Crippen LogP contribution >= 0.6 is 11.8 Å². The minimum atomic E-state index is -0.891. The number of hydrogen-bond donors (Lipinski definition) is 1. The minimum Gasteiger partial charge on any atom is -0.481 e. The van der Waals surface area contributed by atoms with E-state index in [1.54, 1.807) is 0 Å². The van der Waals surface area contributed by atoms with Crippen LogP contribution in [0.2, 0.25) is 0 Å². The van der Waals surface area contributed by atoms with Crippen molar-refractivity contribution in [2.75, 3.05) is 5.75 Å². The van der Waals surface area contributed by atoms with Gasteiger partial charge in [0.15, 0.2) is 5.82 Å². The molecule has 0 aliphatic heterocycles. The molecule has 1 aliphatic rings. The molecule has 3 rings (SSSR count). The minimum absolute atomic E-state index is 0.0630. The molecule has 19 heavy (non-hydrogen) atoms. The van der Waals surface area contributed by atoms with Gasteiger partial charge in [0.25, 0.3) is 5.22 Å². The summed E-state index contributed by atoms with van der Waals surface area (Å²) in [5.74, 6) is -0.0468. The van der Waals surface area contributed by atoms with Crippen molar-refractivity contribution in [1.29, 1.82) is 0 Å². The summed E-state index contributed by atoms with van der Waals surface area (Å²) in [4.78, 5) is 14.7. The largest absolute Gasteiger partial charge is 0.481 e. The van der Waals surface area contributed by atoms with E-state index in [1.165, 1.54) is 11.1 Å². The van der Waals surface area contributed by atoms with Crippen LogP contribution in [0.4, 0.5) is 0 Å². The van der Waals surface area contributed by atoms with Crippen molar-refractivity contribution in [3.05, 3.63) is 41.2 Å². The average molecular weight is 276 g/mol. The fourth-order valence-electron chi connectivity index (χ4n) is 2.31. The molecule has 0 radical (unpaired) electrons. The van der Waals surface area contributed by atoms with Crippen LogP contribution in [0.25, 0.3) is 0 Å². The number of fused-ring (bicyclic) bond motifs is 1. The summed E-state index contributed by atoms with van der Waals surface area (Å²) in [6.45, 7) is 0. The van der Waals surface area contributed by atoms with Crippen LogP contribution in [0.15, 0.2) is 34.0 Å². The molecule has 5 nitrogen and oxygen atoms in total. The molecule has 1 heterocycles. The van der Waals surface area contributed by atoms with E-state index >= 15 is 0 Å². The Labute approximate surface area is 114 Å². The number of rotatable bonds is 4.